The third kappa shape index (κ3) is 3.12. The second-order valence-electron chi connectivity index (χ2n) is 5.09. The molecule has 0 atom stereocenters. The van der Waals surface area contributed by atoms with E-state index in [2.05, 4.69) is 0 Å². The van der Waals surface area contributed by atoms with E-state index in [-0.39, 0.29) is 0 Å². The fraction of sp³-hybridized carbons (Fsp3) is 0.0556. The largest absolute Gasteiger partial charge is 0.207 e. The number of rotatable bonds is 2. The zero-order chi connectivity index (χ0) is 15.7. The summed E-state index contributed by atoms with van der Waals surface area (Å²) in [4.78, 5) is 0. The quantitative estimate of drug-likeness (QED) is 0.514. The first-order valence-corrected chi connectivity index (χ1v) is 7.88. The van der Waals surface area contributed by atoms with E-state index < -0.39 is 0 Å². The Morgan fingerprint density at radius 1 is 0.727 bits per heavy atom. The van der Waals surface area contributed by atoms with Gasteiger partial charge in [0.15, 0.2) is 12.4 Å². The van der Waals surface area contributed by atoms with Gasteiger partial charge in [0, 0.05) is 10.0 Å². The number of aryl methyl sites for hydroxylation is 1. The molecule has 22 heavy (non-hydrogen) atoms. The van der Waals surface area contributed by atoms with Crippen LogP contribution in [0.5, 0.6) is 0 Å². The van der Waals surface area contributed by atoms with Crippen molar-refractivity contribution in [2.24, 2.45) is 7.05 Å². The summed E-state index contributed by atoms with van der Waals surface area (Å²) in [7, 11) is 1.97. The van der Waals surface area contributed by atoms with Crippen molar-refractivity contribution in [2.75, 3.05) is 0 Å². The molecule has 0 saturated carbocycles. The van der Waals surface area contributed by atoms with Crippen molar-refractivity contribution in [1.82, 2.24) is 0 Å². The highest BCUT2D eigenvalue weighted by molar-refractivity contribution is 6.36. The number of pyridine rings is 1. The van der Waals surface area contributed by atoms with Gasteiger partial charge in [-0.3, -0.25) is 0 Å². The fourth-order valence-electron chi connectivity index (χ4n) is 2.42. The number of aromatic nitrogens is 1. The molecule has 1 heterocycles. The number of hydrogen-bond donors (Lipinski definition) is 0. The van der Waals surface area contributed by atoms with Gasteiger partial charge >= 0.3 is 0 Å². The van der Waals surface area contributed by atoms with Gasteiger partial charge in [-0.1, -0.05) is 59.1 Å². The van der Waals surface area contributed by atoms with Crippen LogP contribution in [0, 0.1) is 0 Å². The predicted molar refractivity (Wildman–Crippen MR) is 93.5 cm³/mol. The average molecular weight is 350 g/mol. The van der Waals surface area contributed by atoms with Gasteiger partial charge in [0.05, 0.1) is 16.1 Å². The van der Waals surface area contributed by atoms with Crippen molar-refractivity contribution in [3.8, 4) is 22.3 Å². The highest BCUT2D eigenvalue weighted by atomic mass is 35.5. The molecule has 0 radical (unpaired) electrons. The zero-order valence-corrected chi connectivity index (χ0v) is 14.1. The number of hydrogen-bond acceptors (Lipinski definition) is 0. The maximum absolute atomic E-state index is 6.65. The van der Waals surface area contributed by atoms with Gasteiger partial charge in [-0.15, -0.1) is 0 Å². The van der Waals surface area contributed by atoms with Crippen LogP contribution in [0.2, 0.25) is 15.1 Å². The molecular formula is C18H13Cl3N+. The van der Waals surface area contributed by atoms with Crippen LogP contribution < -0.4 is 4.57 Å². The lowest BCUT2D eigenvalue weighted by molar-refractivity contribution is -0.670. The molecule has 1 aromatic heterocycles. The van der Waals surface area contributed by atoms with Gasteiger partial charge < -0.3 is 0 Å². The van der Waals surface area contributed by atoms with Crippen molar-refractivity contribution < 1.29 is 4.57 Å². The normalized spacial score (nSPS) is 10.7. The monoisotopic (exact) mass is 348 g/mol. The molecule has 110 valence electrons. The Bertz CT molecular complexity index is 777. The van der Waals surface area contributed by atoms with Crippen LogP contribution in [0.15, 0.2) is 60.9 Å². The van der Waals surface area contributed by atoms with Crippen LogP contribution in [0.4, 0.5) is 0 Å². The first-order valence-electron chi connectivity index (χ1n) is 6.75. The minimum absolute atomic E-state index is 0.683. The highest BCUT2D eigenvalue weighted by Crippen LogP contribution is 2.36. The van der Waals surface area contributed by atoms with E-state index in [4.69, 9.17) is 34.8 Å². The summed E-state index contributed by atoms with van der Waals surface area (Å²) < 4.78 is 1.98. The molecule has 0 fully saturated rings. The summed E-state index contributed by atoms with van der Waals surface area (Å²) in [5.41, 5.74) is 3.84. The third-order valence-electron chi connectivity index (χ3n) is 3.41. The topological polar surface area (TPSA) is 3.88 Å². The third-order valence-corrected chi connectivity index (χ3v) is 4.29. The van der Waals surface area contributed by atoms with E-state index in [1.54, 1.807) is 0 Å². The molecule has 0 unspecified atom stereocenters. The molecule has 0 N–H and O–H groups in total. The SMILES string of the molecule is C[n+]1cc(-c2cccc(Cl)c2)c(Cl)c(-c2cccc(Cl)c2)c1. The van der Waals surface area contributed by atoms with Gasteiger partial charge in [0.2, 0.25) is 0 Å². The Morgan fingerprint density at radius 2 is 1.18 bits per heavy atom. The van der Waals surface area contributed by atoms with Crippen LogP contribution in [0.3, 0.4) is 0 Å². The van der Waals surface area contributed by atoms with Crippen molar-refractivity contribution in [2.45, 2.75) is 0 Å². The summed E-state index contributed by atoms with van der Waals surface area (Å²) in [5, 5.41) is 2.05. The molecule has 3 aromatic rings. The standard InChI is InChI=1S/C18H13Cl3N/c1-22-10-16(12-4-2-6-14(19)8-12)18(21)17(11-22)13-5-3-7-15(20)9-13/h2-11H,1H3/q+1. The number of benzene rings is 2. The maximum atomic E-state index is 6.65. The molecule has 0 aliphatic carbocycles. The smallest absolute Gasteiger partial charge is 0.177 e. The van der Waals surface area contributed by atoms with Gasteiger partial charge in [-0.05, 0) is 35.4 Å². The Hall–Kier alpha value is -1.54. The molecular weight excluding hydrogens is 337 g/mol. The van der Waals surface area contributed by atoms with Gasteiger partial charge in [-0.2, -0.15) is 0 Å². The van der Waals surface area contributed by atoms with Crippen LogP contribution >= 0.6 is 34.8 Å². The van der Waals surface area contributed by atoms with Crippen LogP contribution in [0.1, 0.15) is 0 Å². The lowest BCUT2D eigenvalue weighted by atomic mass is 10.0. The van der Waals surface area contributed by atoms with Gasteiger partial charge in [0.1, 0.15) is 7.05 Å². The average Bonchev–Trinajstić information content (AvgIpc) is 2.49. The number of halogens is 3. The van der Waals surface area contributed by atoms with Crippen molar-refractivity contribution in [3.63, 3.8) is 0 Å². The molecule has 2 aromatic carbocycles. The van der Waals surface area contributed by atoms with E-state index in [1.807, 2.05) is 72.5 Å². The Morgan fingerprint density at radius 3 is 1.59 bits per heavy atom. The second-order valence-corrected chi connectivity index (χ2v) is 6.34. The Kier molecular flexibility index (Phi) is 4.39. The van der Waals surface area contributed by atoms with Crippen LogP contribution in [0.25, 0.3) is 22.3 Å². The zero-order valence-electron chi connectivity index (χ0n) is 11.9. The summed E-state index contributed by atoms with van der Waals surface area (Å²) in [6.07, 6.45) is 3.98. The molecule has 0 saturated heterocycles. The van der Waals surface area contributed by atoms with E-state index in [1.165, 1.54) is 0 Å². The van der Waals surface area contributed by atoms with Crippen molar-refractivity contribution in [1.29, 1.82) is 0 Å². The summed E-state index contributed by atoms with van der Waals surface area (Å²) >= 11 is 18.8. The molecule has 0 aliphatic rings. The highest BCUT2D eigenvalue weighted by Gasteiger charge is 2.16. The molecule has 4 heteroatoms. The minimum Gasteiger partial charge on any atom is -0.207 e. The summed E-state index contributed by atoms with van der Waals surface area (Å²) in [5.74, 6) is 0. The van der Waals surface area contributed by atoms with Crippen LogP contribution in [-0.2, 0) is 7.05 Å². The number of nitrogens with zero attached hydrogens (tertiary/aromatic N) is 1. The Balaban J connectivity index is 2.22. The van der Waals surface area contributed by atoms with Gasteiger partial charge in [0.25, 0.3) is 0 Å². The van der Waals surface area contributed by atoms with E-state index in [9.17, 15) is 0 Å². The van der Waals surface area contributed by atoms with Gasteiger partial charge in [-0.25, -0.2) is 4.57 Å². The summed E-state index contributed by atoms with van der Waals surface area (Å²) in [6.45, 7) is 0. The van der Waals surface area contributed by atoms with Crippen LogP contribution in [-0.4, -0.2) is 0 Å². The van der Waals surface area contributed by atoms with E-state index in [0.29, 0.717) is 15.1 Å². The Labute approximate surface area is 144 Å². The van der Waals surface area contributed by atoms with Crippen molar-refractivity contribution in [3.05, 3.63) is 76.0 Å². The van der Waals surface area contributed by atoms with E-state index in [0.717, 1.165) is 22.3 Å². The van der Waals surface area contributed by atoms with E-state index >= 15 is 0 Å². The lowest BCUT2D eigenvalue weighted by Crippen LogP contribution is -2.27. The first-order chi connectivity index (χ1) is 10.5. The molecule has 0 aliphatic heterocycles. The first kappa shape index (κ1) is 15.4. The molecule has 0 spiro atoms. The maximum Gasteiger partial charge on any atom is 0.177 e. The molecule has 0 bridgehead atoms. The molecule has 3 rings (SSSR count). The minimum atomic E-state index is 0.683. The summed E-state index contributed by atoms with van der Waals surface area (Å²) in [6, 6.07) is 15.3. The fourth-order valence-corrected chi connectivity index (χ4v) is 3.11. The molecule has 0 amide bonds. The van der Waals surface area contributed by atoms with Crippen molar-refractivity contribution >= 4 is 34.8 Å². The predicted octanol–water partition coefficient (Wildman–Crippen LogP) is 5.81. The lowest BCUT2D eigenvalue weighted by Gasteiger charge is -2.09. The molecule has 1 nitrogen and oxygen atoms in total. The second kappa shape index (κ2) is 6.29.